The predicted octanol–water partition coefficient (Wildman–Crippen LogP) is 2.05. The third kappa shape index (κ3) is 0.868. The minimum absolute atomic E-state index is 0.417. The molecule has 1 heteroatoms. The van der Waals surface area contributed by atoms with Gasteiger partial charge in [-0.05, 0) is 42.4 Å². The molecule has 3 fully saturated rings. The van der Waals surface area contributed by atoms with Gasteiger partial charge < -0.3 is 5.11 Å². The maximum Gasteiger partial charge on any atom is 0.0462 e. The lowest BCUT2D eigenvalue weighted by molar-refractivity contribution is -0.116. The molecular formula is C10H18O. The Kier molecular flexibility index (Phi) is 1.54. The summed E-state index contributed by atoms with van der Waals surface area (Å²) in [6, 6.07) is 0. The lowest BCUT2D eigenvalue weighted by Crippen LogP contribution is -2.53. The molecule has 0 aromatic rings. The Hall–Kier alpha value is -0.0400. The highest BCUT2D eigenvalue weighted by Gasteiger charge is 2.53. The molecular weight excluding hydrogens is 136 g/mol. The van der Waals surface area contributed by atoms with E-state index in [0.29, 0.717) is 17.9 Å². The summed E-state index contributed by atoms with van der Waals surface area (Å²) in [5.74, 6) is 2.41. The quantitative estimate of drug-likeness (QED) is 0.613. The fourth-order valence-corrected chi connectivity index (χ4v) is 3.18. The van der Waals surface area contributed by atoms with E-state index in [2.05, 4.69) is 13.8 Å². The average molecular weight is 154 g/mol. The van der Waals surface area contributed by atoms with Gasteiger partial charge in [-0.2, -0.15) is 0 Å². The molecule has 3 atom stereocenters. The molecule has 11 heavy (non-hydrogen) atoms. The smallest absolute Gasteiger partial charge is 0.0462 e. The van der Waals surface area contributed by atoms with Gasteiger partial charge in [0.1, 0.15) is 0 Å². The lowest BCUT2D eigenvalue weighted by atomic mass is 9.46. The summed E-state index contributed by atoms with van der Waals surface area (Å²) in [7, 11) is 0. The highest BCUT2D eigenvalue weighted by Crippen LogP contribution is 2.61. The molecule has 3 aliphatic rings. The van der Waals surface area contributed by atoms with Gasteiger partial charge in [0.05, 0.1) is 0 Å². The highest BCUT2D eigenvalue weighted by atomic mass is 16.3. The third-order valence-corrected chi connectivity index (χ3v) is 4.24. The van der Waals surface area contributed by atoms with Crippen LogP contribution in [0.1, 0.15) is 33.1 Å². The summed E-state index contributed by atoms with van der Waals surface area (Å²) >= 11 is 0. The normalized spacial score (nSPS) is 46.6. The van der Waals surface area contributed by atoms with Gasteiger partial charge in [0.2, 0.25) is 0 Å². The standard InChI is InChI=1S/C10H18O/c1-10(2)8-4-3-7(6-11)9(10)5-8/h7-9,11H,3-6H2,1-2H3/t7-,8?,9-/m0/s1. The van der Waals surface area contributed by atoms with E-state index in [0.717, 1.165) is 11.8 Å². The maximum absolute atomic E-state index is 9.12. The van der Waals surface area contributed by atoms with Gasteiger partial charge in [0, 0.05) is 6.61 Å². The zero-order valence-electron chi connectivity index (χ0n) is 7.51. The topological polar surface area (TPSA) is 20.2 Å². The summed E-state index contributed by atoms with van der Waals surface area (Å²) in [5, 5.41) is 9.12. The molecule has 0 aromatic heterocycles. The minimum Gasteiger partial charge on any atom is -0.396 e. The predicted molar refractivity (Wildman–Crippen MR) is 45.2 cm³/mol. The van der Waals surface area contributed by atoms with Gasteiger partial charge in [-0.15, -0.1) is 0 Å². The first kappa shape index (κ1) is 7.60. The fraction of sp³-hybridized carbons (Fsp3) is 1.00. The van der Waals surface area contributed by atoms with Crippen LogP contribution in [0.4, 0.5) is 0 Å². The van der Waals surface area contributed by atoms with Crippen LogP contribution in [-0.4, -0.2) is 11.7 Å². The van der Waals surface area contributed by atoms with Gasteiger partial charge in [0.15, 0.2) is 0 Å². The molecule has 0 spiro atoms. The summed E-state index contributed by atoms with van der Waals surface area (Å²) < 4.78 is 0. The van der Waals surface area contributed by atoms with Crippen molar-refractivity contribution in [3.8, 4) is 0 Å². The maximum atomic E-state index is 9.12. The van der Waals surface area contributed by atoms with Crippen LogP contribution < -0.4 is 0 Å². The van der Waals surface area contributed by atoms with Crippen molar-refractivity contribution in [1.82, 2.24) is 0 Å². The Morgan fingerprint density at radius 3 is 2.45 bits per heavy atom. The van der Waals surface area contributed by atoms with Crippen LogP contribution in [0, 0.1) is 23.2 Å². The van der Waals surface area contributed by atoms with E-state index in [1.807, 2.05) is 0 Å². The van der Waals surface area contributed by atoms with Crippen molar-refractivity contribution in [2.45, 2.75) is 33.1 Å². The van der Waals surface area contributed by atoms with E-state index < -0.39 is 0 Å². The van der Waals surface area contributed by atoms with Crippen molar-refractivity contribution in [2.24, 2.45) is 23.2 Å². The van der Waals surface area contributed by atoms with Crippen molar-refractivity contribution in [3.05, 3.63) is 0 Å². The second-order valence-corrected chi connectivity index (χ2v) is 4.88. The third-order valence-electron chi connectivity index (χ3n) is 4.24. The van der Waals surface area contributed by atoms with E-state index in [1.165, 1.54) is 19.3 Å². The van der Waals surface area contributed by atoms with Gasteiger partial charge in [0.25, 0.3) is 0 Å². The fourth-order valence-electron chi connectivity index (χ4n) is 3.18. The molecule has 1 N–H and O–H groups in total. The van der Waals surface area contributed by atoms with E-state index in [4.69, 9.17) is 5.11 Å². The SMILES string of the molecule is CC1(C)C2CC[C@@H](CO)[C@@H]1C2. The molecule has 0 radical (unpaired) electrons. The molecule has 0 aliphatic heterocycles. The molecule has 3 rings (SSSR count). The van der Waals surface area contributed by atoms with Crippen LogP contribution in [0.25, 0.3) is 0 Å². The van der Waals surface area contributed by atoms with Crippen LogP contribution in [-0.2, 0) is 0 Å². The zero-order chi connectivity index (χ0) is 8.06. The summed E-state index contributed by atoms with van der Waals surface area (Å²) in [4.78, 5) is 0. The Morgan fingerprint density at radius 1 is 1.36 bits per heavy atom. The second-order valence-electron chi connectivity index (χ2n) is 4.88. The largest absolute Gasteiger partial charge is 0.396 e. The van der Waals surface area contributed by atoms with Crippen molar-refractivity contribution in [2.75, 3.05) is 6.61 Å². The molecule has 3 saturated carbocycles. The van der Waals surface area contributed by atoms with Crippen LogP contribution in [0.2, 0.25) is 0 Å². The van der Waals surface area contributed by atoms with Crippen molar-refractivity contribution in [3.63, 3.8) is 0 Å². The molecule has 64 valence electrons. The van der Waals surface area contributed by atoms with E-state index in [9.17, 15) is 0 Å². The summed E-state index contributed by atoms with van der Waals surface area (Å²) in [5.41, 5.74) is 0.547. The van der Waals surface area contributed by atoms with Crippen molar-refractivity contribution >= 4 is 0 Å². The molecule has 0 amide bonds. The van der Waals surface area contributed by atoms with Gasteiger partial charge in [-0.1, -0.05) is 13.8 Å². The first-order valence-electron chi connectivity index (χ1n) is 4.77. The number of hydrogen-bond donors (Lipinski definition) is 1. The Bertz CT molecular complexity index is 160. The van der Waals surface area contributed by atoms with E-state index in [-0.39, 0.29) is 0 Å². The first-order valence-corrected chi connectivity index (χ1v) is 4.77. The number of aliphatic hydroxyl groups is 1. The number of fused-ring (bicyclic) bond motifs is 2. The molecule has 1 nitrogen and oxygen atoms in total. The molecule has 0 saturated heterocycles. The molecule has 0 heterocycles. The molecule has 3 aliphatic carbocycles. The van der Waals surface area contributed by atoms with Crippen LogP contribution in [0.5, 0.6) is 0 Å². The Morgan fingerprint density at radius 2 is 2.09 bits per heavy atom. The number of hydrogen-bond acceptors (Lipinski definition) is 1. The summed E-state index contributed by atoms with van der Waals surface area (Å²) in [6.07, 6.45) is 4.02. The lowest BCUT2D eigenvalue weighted by Gasteiger charge is -2.59. The number of aliphatic hydroxyl groups excluding tert-OH is 1. The molecule has 0 aromatic carbocycles. The Balaban J connectivity index is 2.10. The van der Waals surface area contributed by atoms with Crippen LogP contribution in [0.3, 0.4) is 0 Å². The number of rotatable bonds is 1. The average Bonchev–Trinajstić information content (AvgIpc) is 2.04. The Labute approximate surface area is 68.8 Å². The highest BCUT2D eigenvalue weighted by molar-refractivity contribution is 5.02. The van der Waals surface area contributed by atoms with Crippen LogP contribution in [0.15, 0.2) is 0 Å². The minimum atomic E-state index is 0.417. The zero-order valence-corrected chi connectivity index (χ0v) is 7.51. The monoisotopic (exact) mass is 154 g/mol. The van der Waals surface area contributed by atoms with Crippen LogP contribution >= 0.6 is 0 Å². The summed E-state index contributed by atoms with van der Waals surface area (Å²) in [6.45, 7) is 5.15. The van der Waals surface area contributed by atoms with E-state index >= 15 is 0 Å². The van der Waals surface area contributed by atoms with Gasteiger partial charge >= 0.3 is 0 Å². The van der Waals surface area contributed by atoms with Crippen molar-refractivity contribution in [1.29, 1.82) is 0 Å². The molecule has 2 bridgehead atoms. The van der Waals surface area contributed by atoms with Gasteiger partial charge in [-0.25, -0.2) is 0 Å². The molecule has 1 unspecified atom stereocenters. The van der Waals surface area contributed by atoms with Gasteiger partial charge in [-0.3, -0.25) is 0 Å². The first-order chi connectivity index (χ1) is 5.16. The van der Waals surface area contributed by atoms with Crippen molar-refractivity contribution < 1.29 is 5.11 Å². The van der Waals surface area contributed by atoms with E-state index in [1.54, 1.807) is 0 Å². The second kappa shape index (κ2) is 2.22.